The Kier molecular flexibility index (Phi) is 41.7. The van der Waals surface area contributed by atoms with E-state index in [1.165, 1.54) is 180 Å². The summed E-state index contributed by atoms with van der Waals surface area (Å²) in [6, 6.07) is -0.825. The van der Waals surface area contributed by atoms with Crippen LogP contribution < -0.4 is 5.32 Å². The van der Waals surface area contributed by atoms with Crippen molar-refractivity contribution in [2.75, 3.05) is 13.2 Å². The maximum atomic E-state index is 13.0. The Balaban J connectivity index is 2.29. The fourth-order valence-electron chi connectivity index (χ4n) is 8.42. The molecule has 0 aromatic rings. The smallest absolute Gasteiger partial charge is 0.220 e. The lowest BCUT2D eigenvalue weighted by Gasteiger charge is -2.40. The molecule has 1 rings (SSSR count). The molecule has 9 heteroatoms. The van der Waals surface area contributed by atoms with E-state index in [4.69, 9.17) is 9.47 Å². The molecule has 1 fully saturated rings. The predicted octanol–water partition coefficient (Wildman–Crippen LogP) is 12.4. The van der Waals surface area contributed by atoms with Crippen molar-refractivity contribution in [3.8, 4) is 0 Å². The van der Waals surface area contributed by atoms with E-state index in [0.717, 1.165) is 44.9 Å². The molecule has 1 heterocycles. The monoisotopic (exact) mass is 892 g/mol. The Hall–Kier alpha value is -1.59. The van der Waals surface area contributed by atoms with Gasteiger partial charge in [0, 0.05) is 6.42 Å². The van der Waals surface area contributed by atoms with Crippen LogP contribution >= 0.6 is 0 Å². The fourth-order valence-corrected chi connectivity index (χ4v) is 8.42. The summed E-state index contributed by atoms with van der Waals surface area (Å²) in [6.45, 7) is 3.77. The molecule has 0 spiro atoms. The van der Waals surface area contributed by atoms with E-state index in [0.29, 0.717) is 6.42 Å². The van der Waals surface area contributed by atoms with Crippen molar-refractivity contribution < 1.29 is 39.8 Å². The molecule has 1 amide bonds. The summed E-state index contributed by atoms with van der Waals surface area (Å²) in [6.07, 6.45) is 49.2. The first-order valence-electron chi connectivity index (χ1n) is 26.7. The third-order valence-corrected chi connectivity index (χ3v) is 12.7. The summed E-state index contributed by atoms with van der Waals surface area (Å²) in [5.74, 6) is -0.189. The third kappa shape index (κ3) is 34.4. The zero-order chi connectivity index (χ0) is 45.9. The summed E-state index contributed by atoms with van der Waals surface area (Å²) < 4.78 is 11.2. The predicted molar refractivity (Wildman–Crippen MR) is 263 cm³/mol. The van der Waals surface area contributed by atoms with Gasteiger partial charge in [0.15, 0.2) is 6.29 Å². The van der Waals surface area contributed by atoms with Crippen molar-refractivity contribution in [2.24, 2.45) is 0 Å². The summed E-state index contributed by atoms with van der Waals surface area (Å²) in [7, 11) is 0. The zero-order valence-corrected chi connectivity index (χ0v) is 40.8. The van der Waals surface area contributed by atoms with Crippen LogP contribution in [-0.4, -0.2) is 87.5 Å². The molecule has 370 valence electrons. The van der Waals surface area contributed by atoms with Crippen LogP contribution in [0.5, 0.6) is 0 Å². The number of nitrogens with one attached hydrogen (secondary N) is 1. The quantitative estimate of drug-likeness (QED) is 0.0261. The summed E-state index contributed by atoms with van der Waals surface area (Å²) in [5, 5.41) is 54.3. The standard InChI is InChI=1S/C54H101NO8/c1-3-5-7-9-11-13-15-17-19-20-21-22-23-24-25-26-27-28-30-31-33-35-37-39-41-43-48(57)47(46-62-54-53(61)52(60)51(59)49(45-56)63-54)55-50(58)44-42-40-38-36-34-32-29-18-16-14-12-10-8-6-4-2/h27-28,33,35,41,43,47-49,51-54,56-57,59-61H,3-26,29-32,34,36-40,42,44-46H2,1-2H3,(H,55,58)/b28-27+,35-33+,43-41+. The van der Waals surface area contributed by atoms with Crippen molar-refractivity contribution in [1.82, 2.24) is 5.32 Å². The second-order valence-corrected chi connectivity index (χ2v) is 18.7. The molecule has 0 radical (unpaired) electrons. The molecule has 7 unspecified atom stereocenters. The summed E-state index contributed by atoms with van der Waals surface area (Å²) in [4.78, 5) is 13.0. The van der Waals surface area contributed by atoms with E-state index in [9.17, 15) is 30.3 Å². The Bertz CT molecular complexity index is 1080. The number of rotatable bonds is 45. The van der Waals surface area contributed by atoms with Crippen LogP contribution in [0.3, 0.4) is 0 Å². The number of aliphatic hydroxyl groups excluding tert-OH is 5. The molecule has 0 aromatic carbocycles. The number of carbonyl (C=O) groups excluding carboxylic acids is 1. The molecule has 1 aliphatic heterocycles. The normalized spacial score (nSPS) is 20.4. The lowest BCUT2D eigenvalue weighted by Crippen LogP contribution is -2.60. The topological polar surface area (TPSA) is 149 Å². The maximum absolute atomic E-state index is 13.0. The number of amides is 1. The van der Waals surface area contributed by atoms with Gasteiger partial charge in [-0.15, -0.1) is 0 Å². The van der Waals surface area contributed by atoms with E-state index in [1.54, 1.807) is 6.08 Å². The number of carbonyl (C=O) groups is 1. The van der Waals surface area contributed by atoms with Crippen molar-refractivity contribution in [2.45, 2.75) is 288 Å². The molecule has 0 aliphatic carbocycles. The van der Waals surface area contributed by atoms with Gasteiger partial charge in [-0.1, -0.05) is 230 Å². The van der Waals surface area contributed by atoms with Crippen LogP contribution in [0.25, 0.3) is 0 Å². The molecule has 1 saturated heterocycles. The van der Waals surface area contributed by atoms with Gasteiger partial charge in [-0.25, -0.2) is 0 Å². The largest absolute Gasteiger partial charge is 0.394 e. The SMILES string of the molecule is CCCCCCCCCCCCCCCCC/C=C/CC/C=C/CC/C=C/C(O)C(COC1OC(CO)C(O)C(O)C1O)NC(=O)CCCCCCCCCCCCCCCCC. The van der Waals surface area contributed by atoms with Crippen molar-refractivity contribution in [3.63, 3.8) is 0 Å². The Morgan fingerprint density at radius 2 is 0.905 bits per heavy atom. The van der Waals surface area contributed by atoms with Crippen LogP contribution in [0.1, 0.15) is 245 Å². The first kappa shape index (κ1) is 59.4. The summed E-state index contributed by atoms with van der Waals surface area (Å²) >= 11 is 0. The molecule has 0 saturated carbocycles. The summed E-state index contributed by atoms with van der Waals surface area (Å²) in [5.41, 5.74) is 0. The first-order valence-corrected chi connectivity index (χ1v) is 26.7. The maximum Gasteiger partial charge on any atom is 0.220 e. The van der Waals surface area contributed by atoms with Crippen molar-refractivity contribution >= 4 is 5.91 Å². The van der Waals surface area contributed by atoms with Gasteiger partial charge in [0.1, 0.15) is 24.4 Å². The Morgan fingerprint density at radius 3 is 1.33 bits per heavy atom. The fraction of sp³-hybridized carbons (Fsp3) is 0.870. The number of hydrogen-bond donors (Lipinski definition) is 6. The Labute approximate surface area is 387 Å². The van der Waals surface area contributed by atoms with Crippen LogP contribution in [-0.2, 0) is 14.3 Å². The highest BCUT2D eigenvalue weighted by atomic mass is 16.7. The van der Waals surface area contributed by atoms with Gasteiger partial charge >= 0.3 is 0 Å². The number of hydrogen-bond acceptors (Lipinski definition) is 8. The van der Waals surface area contributed by atoms with Crippen LogP contribution in [0.4, 0.5) is 0 Å². The zero-order valence-electron chi connectivity index (χ0n) is 40.8. The molecule has 0 aromatic heterocycles. The van der Waals surface area contributed by atoms with Gasteiger partial charge in [-0.2, -0.15) is 0 Å². The molecule has 6 N–H and O–H groups in total. The molecule has 1 aliphatic rings. The molecule has 0 bridgehead atoms. The van der Waals surface area contributed by atoms with E-state index < -0.39 is 49.5 Å². The van der Waals surface area contributed by atoms with Crippen molar-refractivity contribution in [3.05, 3.63) is 36.5 Å². The van der Waals surface area contributed by atoms with Gasteiger partial charge in [0.05, 0.1) is 25.4 Å². The molecule has 63 heavy (non-hydrogen) atoms. The first-order chi connectivity index (χ1) is 30.8. The molecular weight excluding hydrogens is 791 g/mol. The third-order valence-electron chi connectivity index (χ3n) is 12.7. The number of unbranched alkanes of at least 4 members (excludes halogenated alkanes) is 31. The van der Waals surface area contributed by atoms with Gasteiger partial charge < -0.3 is 40.3 Å². The van der Waals surface area contributed by atoms with Gasteiger partial charge in [-0.3, -0.25) is 4.79 Å². The molecular formula is C54H101NO8. The van der Waals surface area contributed by atoms with Gasteiger partial charge in [0.2, 0.25) is 5.91 Å². The minimum absolute atomic E-state index is 0.189. The average molecular weight is 892 g/mol. The van der Waals surface area contributed by atoms with E-state index in [-0.39, 0.29) is 12.5 Å². The van der Waals surface area contributed by atoms with Crippen molar-refractivity contribution in [1.29, 1.82) is 0 Å². The van der Waals surface area contributed by atoms with Crippen LogP contribution in [0.15, 0.2) is 36.5 Å². The highest BCUT2D eigenvalue weighted by Crippen LogP contribution is 2.23. The number of allylic oxidation sites excluding steroid dienone is 5. The van der Waals surface area contributed by atoms with Gasteiger partial charge in [-0.05, 0) is 44.9 Å². The van der Waals surface area contributed by atoms with Crippen LogP contribution in [0, 0.1) is 0 Å². The van der Waals surface area contributed by atoms with E-state index in [2.05, 4.69) is 43.5 Å². The minimum Gasteiger partial charge on any atom is -0.394 e. The van der Waals surface area contributed by atoms with E-state index >= 15 is 0 Å². The number of aliphatic hydroxyl groups is 5. The van der Waals surface area contributed by atoms with E-state index in [1.807, 2.05) is 6.08 Å². The Morgan fingerprint density at radius 1 is 0.524 bits per heavy atom. The van der Waals surface area contributed by atoms with Gasteiger partial charge in [0.25, 0.3) is 0 Å². The lowest BCUT2D eigenvalue weighted by molar-refractivity contribution is -0.302. The van der Waals surface area contributed by atoms with Crippen LogP contribution in [0.2, 0.25) is 0 Å². The minimum atomic E-state index is -1.57. The highest BCUT2D eigenvalue weighted by Gasteiger charge is 2.44. The number of ether oxygens (including phenoxy) is 2. The second-order valence-electron chi connectivity index (χ2n) is 18.7. The highest BCUT2D eigenvalue weighted by molar-refractivity contribution is 5.76. The lowest BCUT2D eigenvalue weighted by atomic mass is 9.99. The average Bonchev–Trinajstić information content (AvgIpc) is 3.28. The molecule has 7 atom stereocenters. The second kappa shape index (κ2) is 44.3. The molecule has 9 nitrogen and oxygen atoms in total.